The van der Waals surface area contributed by atoms with Crippen LogP contribution in [0.2, 0.25) is 0 Å². The molecule has 18 heavy (non-hydrogen) atoms. The van der Waals surface area contributed by atoms with Crippen molar-refractivity contribution in [1.29, 1.82) is 0 Å². The third-order valence-electron chi connectivity index (χ3n) is 3.26. The van der Waals surface area contributed by atoms with Gasteiger partial charge in [-0.15, -0.1) is 0 Å². The summed E-state index contributed by atoms with van der Waals surface area (Å²) in [7, 11) is 1.65. The molecule has 1 aromatic carbocycles. The van der Waals surface area contributed by atoms with Gasteiger partial charge in [-0.1, -0.05) is 31.0 Å². The molecule has 4 nitrogen and oxygen atoms in total. The van der Waals surface area contributed by atoms with Crippen LogP contribution in [-0.4, -0.2) is 19.2 Å². The van der Waals surface area contributed by atoms with Crippen LogP contribution in [0.4, 0.5) is 10.5 Å². The van der Waals surface area contributed by atoms with Crippen molar-refractivity contribution >= 4 is 11.7 Å². The third-order valence-corrected chi connectivity index (χ3v) is 3.26. The molecule has 0 heterocycles. The summed E-state index contributed by atoms with van der Waals surface area (Å²) in [5.41, 5.74) is 1.80. The van der Waals surface area contributed by atoms with Gasteiger partial charge in [0.2, 0.25) is 0 Å². The molecule has 1 aliphatic carbocycles. The Labute approximate surface area is 108 Å². The van der Waals surface area contributed by atoms with E-state index in [1.807, 2.05) is 24.3 Å². The number of methoxy groups -OCH3 is 1. The van der Waals surface area contributed by atoms with E-state index in [1.165, 1.54) is 12.8 Å². The molecule has 2 amide bonds. The van der Waals surface area contributed by atoms with Gasteiger partial charge >= 0.3 is 6.03 Å². The number of hydrogen-bond acceptors (Lipinski definition) is 2. The second-order valence-electron chi connectivity index (χ2n) is 4.67. The number of anilines is 1. The predicted octanol–water partition coefficient (Wildman–Crippen LogP) is 2.90. The van der Waals surface area contributed by atoms with E-state index in [0.29, 0.717) is 12.6 Å². The van der Waals surface area contributed by atoms with Crippen LogP contribution in [0.15, 0.2) is 24.3 Å². The number of rotatable bonds is 4. The minimum atomic E-state index is -0.120. The SMILES string of the molecule is COCc1ccccc1NC(=O)NC1CCCC1. The fourth-order valence-electron chi connectivity index (χ4n) is 2.34. The van der Waals surface area contributed by atoms with Gasteiger partial charge in [0.05, 0.1) is 6.61 Å². The predicted molar refractivity (Wildman–Crippen MR) is 71.6 cm³/mol. The highest BCUT2D eigenvalue weighted by atomic mass is 16.5. The number of urea groups is 1. The first-order chi connectivity index (χ1) is 8.79. The lowest BCUT2D eigenvalue weighted by Gasteiger charge is -2.14. The lowest BCUT2D eigenvalue weighted by molar-refractivity contribution is 0.185. The van der Waals surface area contributed by atoms with E-state index in [4.69, 9.17) is 4.74 Å². The summed E-state index contributed by atoms with van der Waals surface area (Å²) >= 11 is 0. The summed E-state index contributed by atoms with van der Waals surface area (Å²) < 4.78 is 5.11. The van der Waals surface area contributed by atoms with Crippen molar-refractivity contribution < 1.29 is 9.53 Å². The summed E-state index contributed by atoms with van der Waals surface area (Å²) in [5.74, 6) is 0. The van der Waals surface area contributed by atoms with Crippen molar-refractivity contribution in [2.75, 3.05) is 12.4 Å². The normalized spacial score (nSPS) is 15.6. The highest BCUT2D eigenvalue weighted by molar-refractivity contribution is 5.90. The Morgan fingerprint density at radius 1 is 1.33 bits per heavy atom. The van der Waals surface area contributed by atoms with Crippen LogP contribution in [0.5, 0.6) is 0 Å². The quantitative estimate of drug-likeness (QED) is 0.860. The summed E-state index contributed by atoms with van der Waals surface area (Å²) in [5, 5.41) is 5.90. The van der Waals surface area contributed by atoms with Crippen LogP contribution in [0, 0.1) is 0 Å². The van der Waals surface area contributed by atoms with Gasteiger partial charge in [-0.3, -0.25) is 0 Å². The number of ether oxygens (including phenoxy) is 1. The molecule has 98 valence electrons. The number of para-hydroxylation sites is 1. The minimum Gasteiger partial charge on any atom is -0.380 e. The number of carbonyl (C=O) groups excluding carboxylic acids is 1. The van der Waals surface area contributed by atoms with Gasteiger partial charge in [0.25, 0.3) is 0 Å². The molecule has 1 saturated carbocycles. The smallest absolute Gasteiger partial charge is 0.319 e. The molecule has 1 aromatic rings. The zero-order valence-electron chi connectivity index (χ0n) is 10.7. The zero-order chi connectivity index (χ0) is 12.8. The molecule has 0 spiro atoms. The molecule has 1 aliphatic rings. The molecule has 0 bridgehead atoms. The number of nitrogens with one attached hydrogen (secondary N) is 2. The maximum Gasteiger partial charge on any atom is 0.319 e. The summed E-state index contributed by atoms with van der Waals surface area (Å²) in [6.45, 7) is 0.500. The van der Waals surface area contributed by atoms with Crippen molar-refractivity contribution in [3.05, 3.63) is 29.8 Å². The average molecular weight is 248 g/mol. The molecule has 0 unspecified atom stereocenters. The number of amides is 2. The highest BCUT2D eigenvalue weighted by Gasteiger charge is 2.17. The lowest BCUT2D eigenvalue weighted by Crippen LogP contribution is -2.36. The Balaban J connectivity index is 1.93. The van der Waals surface area contributed by atoms with Crippen molar-refractivity contribution in [2.24, 2.45) is 0 Å². The van der Waals surface area contributed by atoms with Gasteiger partial charge < -0.3 is 15.4 Å². The Hall–Kier alpha value is -1.55. The molecule has 0 atom stereocenters. The molecular formula is C14H20N2O2. The highest BCUT2D eigenvalue weighted by Crippen LogP contribution is 2.19. The first kappa shape index (κ1) is 12.9. The van der Waals surface area contributed by atoms with Crippen LogP contribution in [0.1, 0.15) is 31.2 Å². The standard InChI is InChI=1S/C14H20N2O2/c1-18-10-11-6-2-5-9-13(11)16-14(17)15-12-7-3-4-8-12/h2,5-6,9,12H,3-4,7-8,10H2,1H3,(H2,15,16,17). The van der Waals surface area contributed by atoms with Crippen LogP contribution in [0.25, 0.3) is 0 Å². The molecule has 2 rings (SSSR count). The van der Waals surface area contributed by atoms with Crippen LogP contribution >= 0.6 is 0 Å². The van der Waals surface area contributed by atoms with E-state index < -0.39 is 0 Å². The monoisotopic (exact) mass is 248 g/mol. The molecule has 2 N–H and O–H groups in total. The minimum absolute atomic E-state index is 0.120. The Kier molecular flexibility index (Phi) is 4.59. The van der Waals surface area contributed by atoms with Crippen molar-refractivity contribution in [3.8, 4) is 0 Å². The van der Waals surface area contributed by atoms with E-state index in [0.717, 1.165) is 24.1 Å². The molecule has 0 aliphatic heterocycles. The number of hydrogen-bond donors (Lipinski definition) is 2. The van der Waals surface area contributed by atoms with E-state index >= 15 is 0 Å². The van der Waals surface area contributed by atoms with E-state index in [-0.39, 0.29) is 6.03 Å². The second-order valence-corrected chi connectivity index (χ2v) is 4.67. The van der Waals surface area contributed by atoms with Crippen LogP contribution in [-0.2, 0) is 11.3 Å². The second kappa shape index (κ2) is 6.40. The number of benzene rings is 1. The van der Waals surface area contributed by atoms with Crippen molar-refractivity contribution in [3.63, 3.8) is 0 Å². The average Bonchev–Trinajstić information content (AvgIpc) is 2.84. The fraction of sp³-hybridized carbons (Fsp3) is 0.500. The zero-order valence-corrected chi connectivity index (χ0v) is 10.7. The fourth-order valence-corrected chi connectivity index (χ4v) is 2.34. The van der Waals surface area contributed by atoms with Gasteiger partial charge in [0.15, 0.2) is 0 Å². The first-order valence-corrected chi connectivity index (χ1v) is 6.44. The Morgan fingerprint density at radius 3 is 2.78 bits per heavy atom. The lowest BCUT2D eigenvalue weighted by atomic mass is 10.2. The molecule has 1 fully saturated rings. The molecule has 0 radical (unpaired) electrons. The third kappa shape index (κ3) is 3.47. The summed E-state index contributed by atoms with van der Waals surface area (Å²) in [6.07, 6.45) is 4.61. The largest absolute Gasteiger partial charge is 0.380 e. The maximum atomic E-state index is 11.9. The summed E-state index contributed by atoms with van der Waals surface area (Å²) in [4.78, 5) is 11.9. The van der Waals surface area contributed by atoms with E-state index in [9.17, 15) is 4.79 Å². The van der Waals surface area contributed by atoms with Crippen molar-refractivity contribution in [2.45, 2.75) is 38.3 Å². The summed E-state index contributed by atoms with van der Waals surface area (Å²) in [6, 6.07) is 7.90. The molecule has 4 heteroatoms. The topological polar surface area (TPSA) is 50.4 Å². The molecule has 0 aromatic heterocycles. The van der Waals surface area contributed by atoms with Gasteiger partial charge in [0.1, 0.15) is 0 Å². The Morgan fingerprint density at radius 2 is 2.06 bits per heavy atom. The molecular weight excluding hydrogens is 228 g/mol. The van der Waals surface area contributed by atoms with E-state index in [2.05, 4.69) is 10.6 Å². The van der Waals surface area contributed by atoms with Crippen LogP contribution in [0.3, 0.4) is 0 Å². The Bertz CT molecular complexity index is 401. The first-order valence-electron chi connectivity index (χ1n) is 6.44. The van der Waals surface area contributed by atoms with Gasteiger partial charge in [-0.25, -0.2) is 4.79 Å². The van der Waals surface area contributed by atoms with E-state index in [1.54, 1.807) is 7.11 Å². The maximum absolute atomic E-state index is 11.9. The molecule has 0 saturated heterocycles. The van der Waals surface area contributed by atoms with Crippen molar-refractivity contribution in [1.82, 2.24) is 5.32 Å². The van der Waals surface area contributed by atoms with Gasteiger partial charge in [-0.2, -0.15) is 0 Å². The van der Waals surface area contributed by atoms with Gasteiger partial charge in [0, 0.05) is 24.4 Å². The van der Waals surface area contributed by atoms with Crippen LogP contribution < -0.4 is 10.6 Å². The van der Waals surface area contributed by atoms with Gasteiger partial charge in [-0.05, 0) is 18.9 Å². The number of carbonyl (C=O) groups is 1.